The van der Waals surface area contributed by atoms with Crippen molar-refractivity contribution in [1.82, 2.24) is 15.6 Å². The highest BCUT2D eigenvalue weighted by molar-refractivity contribution is 14.0. The van der Waals surface area contributed by atoms with Gasteiger partial charge in [-0.1, -0.05) is 6.07 Å². The second-order valence-corrected chi connectivity index (χ2v) is 7.04. The SMILES string of the molecule is CN=C(NCc1ccnc(N2CCOC(C)C2)c1)NCc1cccs1.I. The Morgan fingerprint density at radius 2 is 2.23 bits per heavy atom. The number of pyridine rings is 1. The molecule has 1 saturated heterocycles. The van der Waals surface area contributed by atoms with Crippen molar-refractivity contribution < 1.29 is 4.74 Å². The molecule has 1 fully saturated rings. The summed E-state index contributed by atoms with van der Waals surface area (Å²) in [6.07, 6.45) is 2.12. The molecule has 6 nitrogen and oxygen atoms in total. The first-order valence-electron chi connectivity index (χ1n) is 8.53. The molecule has 26 heavy (non-hydrogen) atoms. The molecule has 0 amide bonds. The van der Waals surface area contributed by atoms with E-state index in [1.807, 2.05) is 12.3 Å². The summed E-state index contributed by atoms with van der Waals surface area (Å²) in [6.45, 7) is 6.11. The number of halogens is 1. The Labute approximate surface area is 176 Å². The molecule has 3 rings (SSSR count). The third kappa shape index (κ3) is 6.10. The molecule has 1 unspecified atom stereocenters. The highest BCUT2D eigenvalue weighted by atomic mass is 127. The average molecular weight is 487 g/mol. The van der Waals surface area contributed by atoms with Crippen molar-refractivity contribution in [2.45, 2.75) is 26.1 Å². The van der Waals surface area contributed by atoms with Gasteiger partial charge in [-0.15, -0.1) is 35.3 Å². The van der Waals surface area contributed by atoms with Gasteiger partial charge in [0.05, 0.1) is 19.3 Å². The van der Waals surface area contributed by atoms with Gasteiger partial charge in [0, 0.05) is 37.8 Å². The Hall–Kier alpha value is -1.39. The van der Waals surface area contributed by atoms with Gasteiger partial charge in [-0.25, -0.2) is 4.98 Å². The van der Waals surface area contributed by atoms with Gasteiger partial charge in [0.1, 0.15) is 5.82 Å². The summed E-state index contributed by atoms with van der Waals surface area (Å²) in [7, 11) is 1.79. The largest absolute Gasteiger partial charge is 0.375 e. The van der Waals surface area contributed by atoms with Gasteiger partial charge in [-0.2, -0.15) is 0 Å². The topological polar surface area (TPSA) is 61.8 Å². The molecule has 2 aromatic heterocycles. The van der Waals surface area contributed by atoms with Gasteiger partial charge in [-0.05, 0) is 36.1 Å². The smallest absolute Gasteiger partial charge is 0.191 e. The Balaban J connectivity index is 0.00000243. The molecule has 1 atom stereocenters. The highest BCUT2D eigenvalue weighted by Crippen LogP contribution is 2.16. The van der Waals surface area contributed by atoms with E-state index in [1.54, 1.807) is 18.4 Å². The predicted molar refractivity (Wildman–Crippen MR) is 119 cm³/mol. The average Bonchev–Trinajstić information content (AvgIpc) is 3.16. The van der Waals surface area contributed by atoms with Crippen LogP contribution < -0.4 is 15.5 Å². The van der Waals surface area contributed by atoms with Gasteiger partial charge in [-0.3, -0.25) is 4.99 Å². The van der Waals surface area contributed by atoms with Crippen LogP contribution >= 0.6 is 35.3 Å². The summed E-state index contributed by atoms with van der Waals surface area (Å²) in [6, 6.07) is 8.34. The fraction of sp³-hybridized carbons (Fsp3) is 0.444. The number of anilines is 1. The van der Waals surface area contributed by atoms with Crippen LogP contribution in [-0.4, -0.2) is 43.8 Å². The molecule has 2 aromatic rings. The summed E-state index contributed by atoms with van der Waals surface area (Å²) in [4.78, 5) is 12.4. The zero-order chi connectivity index (χ0) is 17.5. The van der Waals surface area contributed by atoms with E-state index in [4.69, 9.17) is 4.74 Å². The van der Waals surface area contributed by atoms with Crippen molar-refractivity contribution in [2.24, 2.45) is 4.99 Å². The molecule has 2 N–H and O–H groups in total. The number of ether oxygens (including phenoxy) is 1. The second kappa shape index (κ2) is 10.7. The Morgan fingerprint density at radius 3 is 2.96 bits per heavy atom. The molecule has 0 aliphatic carbocycles. The van der Waals surface area contributed by atoms with E-state index in [0.717, 1.165) is 38.0 Å². The number of nitrogens with zero attached hydrogens (tertiary/aromatic N) is 3. The zero-order valence-corrected chi connectivity index (χ0v) is 18.3. The van der Waals surface area contributed by atoms with Crippen molar-refractivity contribution in [3.63, 3.8) is 0 Å². The first kappa shape index (κ1) is 20.9. The summed E-state index contributed by atoms with van der Waals surface area (Å²) >= 11 is 1.74. The normalized spacial score (nSPS) is 17.5. The lowest BCUT2D eigenvalue weighted by molar-refractivity contribution is 0.0529. The highest BCUT2D eigenvalue weighted by Gasteiger charge is 2.18. The summed E-state index contributed by atoms with van der Waals surface area (Å²) in [5.41, 5.74) is 1.18. The van der Waals surface area contributed by atoms with Crippen LogP contribution in [0.1, 0.15) is 17.4 Å². The van der Waals surface area contributed by atoms with Gasteiger partial charge in [0.25, 0.3) is 0 Å². The van der Waals surface area contributed by atoms with E-state index in [2.05, 4.69) is 56.0 Å². The summed E-state index contributed by atoms with van der Waals surface area (Å²) < 4.78 is 5.61. The number of aliphatic imine (C=N–C) groups is 1. The lowest BCUT2D eigenvalue weighted by atomic mass is 10.2. The third-order valence-corrected chi connectivity index (χ3v) is 4.95. The van der Waals surface area contributed by atoms with Crippen LogP contribution in [0.5, 0.6) is 0 Å². The minimum absolute atomic E-state index is 0. The molecule has 1 aliphatic rings. The Kier molecular flexibility index (Phi) is 8.60. The van der Waals surface area contributed by atoms with Gasteiger partial charge < -0.3 is 20.3 Å². The number of hydrogen-bond donors (Lipinski definition) is 2. The fourth-order valence-electron chi connectivity index (χ4n) is 2.76. The Bertz CT molecular complexity index is 695. The Morgan fingerprint density at radius 1 is 1.38 bits per heavy atom. The van der Waals surface area contributed by atoms with Crippen molar-refractivity contribution in [1.29, 1.82) is 0 Å². The maximum atomic E-state index is 5.61. The number of aromatic nitrogens is 1. The van der Waals surface area contributed by atoms with E-state index in [9.17, 15) is 0 Å². The maximum Gasteiger partial charge on any atom is 0.191 e. The molecule has 0 bridgehead atoms. The molecular formula is C18H26IN5OS. The summed E-state index contributed by atoms with van der Waals surface area (Å²) in [5, 5.41) is 8.77. The lowest BCUT2D eigenvalue weighted by Gasteiger charge is -2.32. The minimum atomic E-state index is 0. The molecule has 0 radical (unpaired) electrons. The molecule has 0 saturated carbocycles. The number of nitrogens with one attached hydrogen (secondary N) is 2. The molecule has 8 heteroatoms. The van der Waals surface area contributed by atoms with Crippen molar-refractivity contribution in [3.8, 4) is 0 Å². The van der Waals surface area contributed by atoms with E-state index >= 15 is 0 Å². The zero-order valence-electron chi connectivity index (χ0n) is 15.1. The molecule has 3 heterocycles. The van der Waals surface area contributed by atoms with E-state index in [-0.39, 0.29) is 30.1 Å². The van der Waals surface area contributed by atoms with Gasteiger partial charge in [0.2, 0.25) is 0 Å². The van der Waals surface area contributed by atoms with Crippen molar-refractivity contribution in [3.05, 3.63) is 46.3 Å². The van der Waals surface area contributed by atoms with Crippen LogP contribution in [0.15, 0.2) is 40.8 Å². The van der Waals surface area contributed by atoms with E-state index < -0.39 is 0 Å². The molecule has 1 aliphatic heterocycles. The second-order valence-electron chi connectivity index (χ2n) is 6.01. The van der Waals surface area contributed by atoms with Crippen molar-refractivity contribution >= 4 is 47.1 Å². The molecule has 0 aromatic carbocycles. The standard InChI is InChI=1S/C18H25N5OS.HI/c1-14-13-23(7-8-24-14)17-10-15(5-6-20-17)11-21-18(19-2)22-12-16-4-3-9-25-16;/h3-6,9-10,14H,7-8,11-13H2,1-2H3,(H2,19,21,22);1H. The number of morpholine rings is 1. The number of thiophene rings is 1. The van der Waals surface area contributed by atoms with Crippen LogP contribution in [0.25, 0.3) is 0 Å². The maximum absolute atomic E-state index is 5.61. The lowest BCUT2D eigenvalue weighted by Crippen LogP contribution is -2.41. The van der Waals surface area contributed by atoms with Crippen LogP contribution in [-0.2, 0) is 17.8 Å². The predicted octanol–water partition coefficient (Wildman–Crippen LogP) is 2.85. The third-order valence-electron chi connectivity index (χ3n) is 4.07. The molecule has 142 valence electrons. The first-order valence-corrected chi connectivity index (χ1v) is 9.41. The quantitative estimate of drug-likeness (QED) is 0.386. The van der Waals surface area contributed by atoms with Crippen LogP contribution in [0.3, 0.4) is 0 Å². The van der Waals surface area contributed by atoms with E-state index in [1.165, 1.54) is 10.4 Å². The van der Waals surface area contributed by atoms with Gasteiger partial charge in [0.15, 0.2) is 5.96 Å². The van der Waals surface area contributed by atoms with Crippen LogP contribution in [0.4, 0.5) is 5.82 Å². The van der Waals surface area contributed by atoms with Gasteiger partial charge >= 0.3 is 0 Å². The number of rotatable bonds is 5. The minimum Gasteiger partial charge on any atom is -0.375 e. The monoisotopic (exact) mass is 487 g/mol. The number of hydrogen-bond acceptors (Lipinski definition) is 5. The van der Waals surface area contributed by atoms with E-state index in [0.29, 0.717) is 6.54 Å². The van der Waals surface area contributed by atoms with Crippen LogP contribution in [0, 0.1) is 0 Å². The molecule has 0 spiro atoms. The molecular weight excluding hydrogens is 461 g/mol. The number of guanidine groups is 1. The fourth-order valence-corrected chi connectivity index (χ4v) is 3.40. The van der Waals surface area contributed by atoms with Crippen molar-refractivity contribution in [2.75, 3.05) is 31.6 Å². The first-order chi connectivity index (χ1) is 12.2. The summed E-state index contributed by atoms with van der Waals surface area (Å²) in [5.74, 6) is 1.81. The van der Waals surface area contributed by atoms with Crippen LogP contribution in [0.2, 0.25) is 0 Å².